The summed E-state index contributed by atoms with van der Waals surface area (Å²) in [5.41, 5.74) is 5.11. The predicted octanol–water partition coefficient (Wildman–Crippen LogP) is 5.60. The number of aromatic nitrogens is 6. The third kappa shape index (κ3) is 3.88. The van der Waals surface area contributed by atoms with Gasteiger partial charge in [-0.1, -0.05) is 23.4 Å². The average Bonchev–Trinajstić information content (AvgIpc) is 3.62. The maximum Gasteiger partial charge on any atom is 0.304 e. The summed E-state index contributed by atoms with van der Waals surface area (Å²) in [6, 6.07) is 16.1. The van der Waals surface area contributed by atoms with E-state index in [4.69, 9.17) is 11.6 Å². The fraction of sp³-hybridized carbons (Fsp3) is 0.231. The lowest BCUT2D eigenvalue weighted by atomic mass is 9.98. The highest BCUT2D eigenvalue weighted by atomic mass is 35.5. The first kappa shape index (κ1) is 22.9. The number of aliphatic carboxylic acids is 1. The average molecular weight is 519 g/mol. The summed E-state index contributed by atoms with van der Waals surface area (Å²) in [6.45, 7) is 0.759. The van der Waals surface area contributed by atoms with Crippen LogP contribution in [-0.4, -0.2) is 40.4 Å². The number of tetrazole rings is 1. The zero-order valence-corrected chi connectivity index (χ0v) is 21.3. The van der Waals surface area contributed by atoms with Gasteiger partial charge in [0.15, 0.2) is 0 Å². The van der Waals surface area contributed by atoms with E-state index in [0.29, 0.717) is 10.8 Å². The molecule has 0 saturated carbocycles. The summed E-state index contributed by atoms with van der Waals surface area (Å²) in [7, 11) is 3.77. The minimum absolute atomic E-state index is 0.0657. The first-order valence-electron chi connectivity index (χ1n) is 11.6. The largest absolute Gasteiger partial charge is 0.481 e. The lowest BCUT2D eigenvalue weighted by molar-refractivity contribution is -0.137. The van der Waals surface area contributed by atoms with Crippen LogP contribution < -0.4 is 0 Å². The van der Waals surface area contributed by atoms with Gasteiger partial charge < -0.3 is 14.2 Å². The first-order chi connectivity index (χ1) is 17.4. The molecule has 0 spiro atoms. The molecular weight excluding hydrogens is 496 g/mol. The monoisotopic (exact) mass is 518 g/mol. The van der Waals surface area contributed by atoms with Crippen molar-refractivity contribution in [3.63, 3.8) is 0 Å². The molecule has 0 fully saturated rings. The highest BCUT2D eigenvalue weighted by Gasteiger charge is 2.33. The van der Waals surface area contributed by atoms with Crippen molar-refractivity contribution < 1.29 is 9.90 Å². The Hall–Kier alpha value is -3.56. The van der Waals surface area contributed by atoms with Crippen LogP contribution in [0.3, 0.4) is 0 Å². The number of aryl methyl sites for hydroxylation is 3. The number of nitrogens with zero attached hydrogens (tertiary/aromatic N) is 6. The highest BCUT2D eigenvalue weighted by Crippen LogP contribution is 2.50. The predicted molar refractivity (Wildman–Crippen MR) is 139 cm³/mol. The molecule has 0 radical (unpaired) electrons. The van der Waals surface area contributed by atoms with E-state index in [2.05, 4.69) is 42.7 Å². The molecule has 1 aliphatic rings. The lowest BCUT2D eigenvalue weighted by Gasteiger charge is -2.13. The number of halogens is 1. The Kier molecular flexibility index (Phi) is 5.61. The number of hydrogen-bond acceptors (Lipinski definition) is 5. The molecule has 0 amide bonds. The quantitative estimate of drug-likeness (QED) is 0.314. The van der Waals surface area contributed by atoms with Crippen LogP contribution in [0, 0.1) is 0 Å². The van der Waals surface area contributed by atoms with Gasteiger partial charge in [0.2, 0.25) is 5.82 Å². The van der Waals surface area contributed by atoms with Gasteiger partial charge in [0.05, 0.1) is 19.0 Å². The number of benzene rings is 2. The summed E-state index contributed by atoms with van der Waals surface area (Å²) in [4.78, 5) is 15.4. The molecule has 36 heavy (non-hydrogen) atoms. The number of hydrogen-bond donors (Lipinski definition) is 1. The van der Waals surface area contributed by atoms with Crippen molar-refractivity contribution in [2.75, 3.05) is 0 Å². The summed E-state index contributed by atoms with van der Waals surface area (Å²) in [6.07, 6.45) is 2.92. The van der Waals surface area contributed by atoms with Gasteiger partial charge in [-0.15, -0.1) is 10.2 Å². The van der Waals surface area contributed by atoms with Crippen LogP contribution in [0.4, 0.5) is 0 Å². The zero-order chi connectivity index (χ0) is 25.0. The molecule has 6 rings (SSSR count). The summed E-state index contributed by atoms with van der Waals surface area (Å²) < 4.78 is 4.38. The van der Waals surface area contributed by atoms with Gasteiger partial charge in [0, 0.05) is 68.4 Å². The molecule has 0 aliphatic carbocycles. The van der Waals surface area contributed by atoms with Gasteiger partial charge >= 0.3 is 5.97 Å². The molecule has 10 heteroatoms. The van der Waals surface area contributed by atoms with Gasteiger partial charge in [-0.3, -0.25) is 4.79 Å². The van der Waals surface area contributed by atoms with Gasteiger partial charge in [-0.05, 0) is 60.2 Å². The van der Waals surface area contributed by atoms with E-state index in [0.717, 1.165) is 56.2 Å². The second-order valence-electron chi connectivity index (χ2n) is 9.03. The second-order valence-corrected chi connectivity index (χ2v) is 10.6. The Morgan fingerprint density at radius 2 is 2.00 bits per heavy atom. The Labute approximate surface area is 216 Å². The van der Waals surface area contributed by atoms with Gasteiger partial charge in [-0.25, -0.2) is 0 Å². The van der Waals surface area contributed by atoms with Crippen LogP contribution >= 0.6 is 23.4 Å². The fourth-order valence-electron chi connectivity index (χ4n) is 5.13. The van der Waals surface area contributed by atoms with E-state index in [1.54, 1.807) is 18.8 Å². The number of rotatable bonds is 6. The highest BCUT2D eigenvalue weighted by molar-refractivity contribution is 7.99. The van der Waals surface area contributed by atoms with E-state index >= 15 is 0 Å². The van der Waals surface area contributed by atoms with Crippen LogP contribution in [0.15, 0.2) is 64.5 Å². The number of carboxylic acid groups (broad SMARTS) is 1. The smallest absolute Gasteiger partial charge is 0.304 e. The van der Waals surface area contributed by atoms with E-state index in [-0.39, 0.29) is 12.3 Å². The van der Waals surface area contributed by atoms with Crippen LogP contribution in [-0.2, 0) is 25.4 Å². The van der Waals surface area contributed by atoms with Crippen molar-refractivity contribution in [1.29, 1.82) is 0 Å². The minimum Gasteiger partial charge on any atom is -0.481 e. The summed E-state index contributed by atoms with van der Waals surface area (Å²) in [5, 5.41) is 24.2. The van der Waals surface area contributed by atoms with Gasteiger partial charge in [0.25, 0.3) is 0 Å². The molecule has 8 nitrogen and oxygen atoms in total. The molecule has 2 aromatic carbocycles. The minimum atomic E-state index is -0.784. The SMILES string of the molecule is Cn1nnc(-c2cc(-c3cccn3C)c3c(Sc4ccc(Cl)cc4)c4n(c3c2)CCC4CC(=O)O)n1. The zero-order valence-electron chi connectivity index (χ0n) is 19.7. The molecule has 0 bridgehead atoms. The summed E-state index contributed by atoms with van der Waals surface area (Å²) >= 11 is 7.81. The Morgan fingerprint density at radius 3 is 2.67 bits per heavy atom. The van der Waals surface area contributed by atoms with E-state index in [1.807, 2.05) is 43.6 Å². The second kappa shape index (κ2) is 8.83. The molecular formula is C26H23ClN6O2S. The molecule has 0 saturated heterocycles. The third-order valence-corrected chi connectivity index (χ3v) is 8.06. The van der Waals surface area contributed by atoms with E-state index < -0.39 is 5.97 Å². The molecule has 1 unspecified atom stereocenters. The Morgan fingerprint density at radius 1 is 1.19 bits per heavy atom. The summed E-state index contributed by atoms with van der Waals surface area (Å²) in [5.74, 6) is -0.297. The molecule has 3 aromatic heterocycles. The van der Waals surface area contributed by atoms with Crippen molar-refractivity contribution in [2.24, 2.45) is 14.1 Å². The van der Waals surface area contributed by atoms with Gasteiger partial charge in [0.1, 0.15) is 0 Å². The molecule has 1 atom stereocenters. The normalized spacial score (nSPS) is 15.0. The van der Waals surface area contributed by atoms with Gasteiger partial charge in [-0.2, -0.15) is 4.80 Å². The molecule has 5 aromatic rings. The molecule has 4 heterocycles. The van der Waals surface area contributed by atoms with Crippen LogP contribution in [0.25, 0.3) is 33.5 Å². The molecule has 1 N–H and O–H groups in total. The first-order valence-corrected chi connectivity index (χ1v) is 12.8. The van der Waals surface area contributed by atoms with Crippen molar-refractivity contribution in [2.45, 2.75) is 35.1 Å². The van der Waals surface area contributed by atoms with Crippen molar-refractivity contribution in [3.8, 4) is 22.6 Å². The maximum atomic E-state index is 11.8. The molecule has 1 aliphatic heterocycles. The van der Waals surface area contributed by atoms with E-state index in [9.17, 15) is 9.90 Å². The van der Waals surface area contributed by atoms with E-state index in [1.165, 1.54) is 4.80 Å². The van der Waals surface area contributed by atoms with Crippen LogP contribution in [0.1, 0.15) is 24.5 Å². The number of fused-ring (bicyclic) bond motifs is 3. The molecule has 182 valence electrons. The fourth-order valence-corrected chi connectivity index (χ4v) is 6.46. The Balaban J connectivity index is 1.66. The van der Waals surface area contributed by atoms with Crippen LogP contribution in [0.5, 0.6) is 0 Å². The maximum absolute atomic E-state index is 11.8. The third-order valence-electron chi connectivity index (χ3n) is 6.69. The standard InChI is InChI=1S/C26H23ClN6O2S/c1-31-10-3-4-20(31)19-12-16(26-28-30-32(2)29-26)13-21-23(19)25(36-18-7-5-17(27)6-8-18)24-15(14-22(34)35)9-11-33(21)24/h3-8,10,12-13,15H,9,11,14H2,1-2H3,(H,34,35). The van der Waals surface area contributed by atoms with Crippen molar-refractivity contribution >= 4 is 40.2 Å². The number of carboxylic acids is 1. The van der Waals surface area contributed by atoms with Crippen molar-refractivity contribution in [3.05, 3.63) is 65.4 Å². The lowest BCUT2D eigenvalue weighted by Crippen LogP contribution is -2.04. The number of carbonyl (C=O) groups is 1. The topological polar surface area (TPSA) is 90.8 Å². The Bertz CT molecular complexity index is 1620. The van der Waals surface area contributed by atoms with Crippen LogP contribution in [0.2, 0.25) is 5.02 Å². The van der Waals surface area contributed by atoms with Crippen molar-refractivity contribution in [1.82, 2.24) is 29.3 Å².